The van der Waals surface area contributed by atoms with Crippen molar-refractivity contribution >= 4 is 38.3 Å². The first-order chi connectivity index (χ1) is 8.54. The maximum absolute atomic E-state index is 13.0. The predicted molar refractivity (Wildman–Crippen MR) is 75.9 cm³/mol. The van der Waals surface area contributed by atoms with Crippen LogP contribution in [0.1, 0.15) is 12.5 Å². The van der Waals surface area contributed by atoms with Gasteiger partial charge < -0.3 is 4.74 Å². The smallest absolute Gasteiger partial charge is 0.402 e. The van der Waals surface area contributed by atoms with E-state index in [1.165, 1.54) is 6.07 Å². The number of allylic oxidation sites excluding steroid dienone is 1. The summed E-state index contributed by atoms with van der Waals surface area (Å²) in [4.78, 5) is 0. The lowest BCUT2D eigenvalue weighted by molar-refractivity contribution is 0.0285. The molecule has 0 radical (unpaired) electrons. The van der Waals surface area contributed by atoms with Crippen LogP contribution in [-0.4, -0.2) is 24.8 Å². The molecule has 0 saturated heterocycles. The lowest BCUT2D eigenvalue weighted by atomic mass is 10.1. The Morgan fingerprint density at radius 2 is 2.11 bits per heavy atom. The molecule has 1 aromatic carbocycles. The Kier molecular flexibility index (Phi) is 4.91. The number of alkyl halides is 2. The molecule has 0 spiro atoms. The van der Waals surface area contributed by atoms with Crippen molar-refractivity contribution in [2.75, 3.05) is 6.61 Å². The van der Waals surface area contributed by atoms with Gasteiger partial charge in [-0.05, 0) is 47.2 Å². The average Bonchev–Trinajstić information content (AvgIpc) is 2.26. The van der Waals surface area contributed by atoms with E-state index in [1.807, 2.05) is 22.6 Å². The summed E-state index contributed by atoms with van der Waals surface area (Å²) in [5.41, 5.74) is 1.40. The van der Waals surface area contributed by atoms with Gasteiger partial charge in [0.15, 0.2) is 6.61 Å². The van der Waals surface area contributed by atoms with Crippen LogP contribution in [0.15, 0.2) is 24.8 Å². The monoisotopic (exact) mass is 404 g/mol. The quantitative estimate of drug-likeness (QED) is 0.605. The van der Waals surface area contributed by atoms with E-state index in [0.717, 1.165) is 0 Å². The Labute approximate surface area is 123 Å². The maximum atomic E-state index is 13.0. The van der Waals surface area contributed by atoms with Crippen molar-refractivity contribution in [1.29, 1.82) is 0 Å². The van der Waals surface area contributed by atoms with Gasteiger partial charge >= 0.3 is 15.4 Å². The van der Waals surface area contributed by atoms with Gasteiger partial charge in [0.05, 0.1) is 3.57 Å². The maximum Gasteiger partial charge on any atom is 0.402 e. The molecule has 0 aromatic heterocycles. The first kappa shape index (κ1) is 16.3. The molecule has 0 fully saturated rings. The molecular formula is C11H11F2IO4S. The topological polar surface area (TPSA) is 63.6 Å². The van der Waals surface area contributed by atoms with Gasteiger partial charge in [0.2, 0.25) is 0 Å². The van der Waals surface area contributed by atoms with Gasteiger partial charge in [-0.1, -0.05) is 18.2 Å². The van der Waals surface area contributed by atoms with Crippen LogP contribution in [0.2, 0.25) is 0 Å². The summed E-state index contributed by atoms with van der Waals surface area (Å²) in [7, 11) is -5.49. The molecule has 1 aromatic rings. The van der Waals surface area contributed by atoms with Crippen molar-refractivity contribution in [3.8, 4) is 5.75 Å². The molecule has 0 amide bonds. The largest absolute Gasteiger partial charge is 0.485 e. The van der Waals surface area contributed by atoms with E-state index >= 15 is 0 Å². The van der Waals surface area contributed by atoms with Crippen LogP contribution < -0.4 is 4.74 Å². The number of ether oxygens (including phenoxy) is 1. The summed E-state index contributed by atoms with van der Waals surface area (Å²) in [6, 6.07) is 4.84. The van der Waals surface area contributed by atoms with Crippen molar-refractivity contribution in [1.82, 2.24) is 0 Å². The van der Waals surface area contributed by atoms with Crippen LogP contribution in [0, 0.1) is 3.57 Å². The molecule has 1 N–H and O–H groups in total. The molecule has 0 unspecified atom stereocenters. The SMILES string of the molecule is C=C(C)c1ccc(I)c(OCC(F)(F)S(=O)(=O)O)c1. The number of benzene rings is 1. The van der Waals surface area contributed by atoms with E-state index in [1.54, 1.807) is 19.1 Å². The third-order valence-electron chi connectivity index (χ3n) is 2.20. The zero-order chi connectivity index (χ0) is 14.8. The molecule has 4 nitrogen and oxygen atoms in total. The fourth-order valence-electron chi connectivity index (χ4n) is 1.12. The first-order valence-corrected chi connectivity index (χ1v) is 7.49. The Hall–Kier alpha value is -0.740. The zero-order valence-electron chi connectivity index (χ0n) is 9.86. The molecule has 0 aliphatic carbocycles. The van der Waals surface area contributed by atoms with Crippen molar-refractivity contribution in [2.45, 2.75) is 12.2 Å². The summed E-state index contributed by atoms with van der Waals surface area (Å²) in [6.07, 6.45) is 0. The number of hydrogen-bond donors (Lipinski definition) is 1. The van der Waals surface area contributed by atoms with Gasteiger partial charge in [0, 0.05) is 0 Å². The van der Waals surface area contributed by atoms with Crippen molar-refractivity contribution < 1.29 is 26.5 Å². The normalized spacial score (nSPS) is 12.3. The minimum absolute atomic E-state index is 0.101. The third kappa shape index (κ3) is 4.11. The highest BCUT2D eigenvalue weighted by Crippen LogP contribution is 2.28. The average molecular weight is 404 g/mol. The standard InChI is InChI=1S/C11H11F2IO4S/c1-7(2)8-3-4-9(14)10(5-8)18-6-11(12,13)19(15,16)17/h3-5H,1,6H2,2H3,(H,15,16,17). The molecule has 8 heteroatoms. The Balaban J connectivity index is 2.95. The van der Waals surface area contributed by atoms with E-state index < -0.39 is 22.0 Å². The molecule has 0 bridgehead atoms. The molecule has 106 valence electrons. The second-order valence-corrected chi connectivity index (χ2v) is 6.54. The van der Waals surface area contributed by atoms with E-state index in [-0.39, 0.29) is 5.75 Å². The van der Waals surface area contributed by atoms with Crippen LogP contribution in [-0.2, 0) is 10.1 Å². The van der Waals surface area contributed by atoms with Crippen LogP contribution in [0.4, 0.5) is 8.78 Å². The number of rotatable bonds is 5. The Morgan fingerprint density at radius 3 is 2.58 bits per heavy atom. The fourth-order valence-corrected chi connectivity index (χ4v) is 1.81. The number of hydrogen-bond acceptors (Lipinski definition) is 3. The van der Waals surface area contributed by atoms with Crippen molar-refractivity contribution in [3.63, 3.8) is 0 Å². The highest BCUT2D eigenvalue weighted by molar-refractivity contribution is 14.1. The Bertz CT molecular complexity index is 599. The van der Waals surface area contributed by atoms with E-state index in [9.17, 15) is 17.2 Å². The number of halogens is 3. The lowest BCUT2D eigenvalue weighted by Crippen LogP contribution is -2.35. The molecule has 19 heavy (non-hydrogen) atoms. The summed E-state index contributed by atoms with van der Waals surface area (Å²) in [5.74, 6) is 0.101. The van der Waals surface area contributed by atoms with Crippen LogP contribution in [0.25, 0.3) is 5.57 Å². The molecule has 1 rings (SSSR count). The summed E-state index contributed by atoms with van der Waals surface area (Å²) in [5, 5.41) is -4.35. The van der Waals surface area contributed by atoms with Gasteiger partial charge in [-0.25, -0.2) is 0 Å². The van der Waals surface area contributed by atoms with Gasteiger partial charge in [0.25, 0.3) is 0 Å². The Morgan fingerprint density at radius 1 is 1.53 bits per heavy atom. The van der Waals surface area contributed by atoms with Crippen molar-refractivity contribution in [2.24, 2.45) is 0 Å². The fraction of sp³-hybridized carbons (Fsp3) is 0.273. The highest BCUT2D eigenvalue weighted by Gasteiger charge is 2.45. The van der Waals surface area contributed by atoms with Crippen LogP contribution in [0.5, 0.6) is 5.75 Å². The zero-order valence-corrected chi connectivity index (χ0v) is 12.8. The predicted octanol–water partition coefficient (Wildman–Crippen LogP) is 3.18. The minimum Gasteiger partial charge on any atom is -0.485 e. The molecular weight excluding hydrogens is 393 g/mol. The molecule has 0 aliphatic heterocycles. The van der Waals surface area contributed by atoms with Gasteiger partial charge in [-0.3, -0.25) is 4.55 Å². The van der Waals surface area contributed by atoms with Gasteiger partial charge in [0.1, 0.15) is 5.75 Å². The van der Waals surface area contributed by atoms with E-state index in [0.29, 0.717) is 14.7 Å². The molecule has 0 heterocycles. The van der Waals surface area contributed by atoms with Crippen LogP contribution in [0.3, 0.4) is 0 Å². The van der Waals surface area contributed by atoms with E-state index in [4.69, 9.17) is 9.29 Å². The minimum atomic E-state index is -5.49. The second-order valence-electron chi connectivity index (χ2n) is 3.83. The summed E-state index contributed by atoms with van der Waals surface area (Å²) in [6.45, 7) is 3.98. The lowest BCUT2D eigenvalue weighted by Gasteiger charge is -2.15. The summed E-state index contributed by atoms with van der Waals surface area (Å²) >= 11 is 1.86. The van der Waals surface area contributed by atoms with Crippen LogP contribution >= 0.6 is 22.6 Å². The summed E-state index contributed by atoms with van der Waals surface area (Å²) < 4.78 is 60.6. The highest BCUT2D eigenvalue weighted by atomic mass is 127. The van der Waals surface area contributed by atoms with Gasteiger partial charge in [-0.15, -0.1) is 0 Å². The second kappa shape index (κ2) is 5.71. The van der Waals surface area contributed by atoms with Gasteiger partial charge in [-0.2, -0.15) is 17.2 Å². The van der Waals surface area contributed by atoms with E-state index in [2.05, 4.69) is 6.58 Å². The molecule has 0 atom stereocenters. The molecule has 0 saturated carbocycles. The first-order valence-electron chi connectivity index (χ1n) is 4.97. The van der Waals surface area contributed by atoms with Crippen molar-refractivity contribution in [3.05, 3.63) is 33.9 Å². The molecule has 0 aliphatic rings. The third-order valence-corrected chi connectivity index (χ3v) is 3.96.